The number of aliphatic hydroxyl groups is 1. The van der Waals surface area contributed by atoms with Gasteiger partial charge in [0.2, 0.25) is 5.39 Å². The van der Waals surface area contributed by atoms with Crippen LogP contribution in [0.25, 0.3) is 11.1 Å². The largest absolute Gasteiger partial charge is 0.475 e. The predicted molar refractivity (Wildman–Crippen MR) is 75.8 cm³/mol. The van der Waals surface area contributed by atoms with Crippen molar-refractivity contribution >= 4 is 6.08 Å². The molecule has 0 radical (unpaired) electrons. The Morgan fingerprint density at radius 3 is 2.74 bits per heavy atom. The molecule has 0 bridgehead atoms. The number of hydrogen-bond acceptors (Lipinski definition) is 3. The third-order valence-electron chi connectivity index (χ3n) is 2.59. The third-order valence-corrected chi connectivity index (χ3v) is 2.59. The minimum atomic E-state index is -0.334. The molecule has 100 valence electrons. The van der Waals surface area contributed by atoms with Crippen LogP contribution >= 0.6 is 0 Å². The van der Waals surface area contributed by atoms with Crippen molar-refractivity contribution < 1.29 is 9.84 Å². The Hall–Kier alpha value is -2.28. The van der Waals surface area contributed by atoms with Gasteiger partial charge in [-0.25, -0.2) is 0 Å². The lowest BCUT2D eigenvalue weighted by atomic mass is 10.0. The van der Waals surface area contributed by atoms with E-state index < -0.39 is 0 Å². The first-order valence-electron chi connectivity index (χ1n) is 6.37. The number of rotatable bonds is 6. The van der Waals surface area contributed by atoms with Crippen molar-refractivity contribution in [2.45, 2.75) is 26.7 Å². The highest BCUT2D eigenvalue weighted by atomic mass is 16.6. The predicted octanol–water partition coefficient (Wildman–Crippen LogP) is 4.27. The Morgan fingerprint density at radius 1 is 1.37 bits per heavy atom. The second kappa shape index (κ2) is 7.93. The average molecular weight is 259 g/mol. The van der Waals surface area contributed by atoms with Crippen LogP contribution in [-0.2, 0) is 11.2 Å². The number of allylic oxidation sites excluding steroid dienone is 2. The topological polar surface area (TPSA) is 57.6 Å². The van der Waals surface area contributed by atoms with Crippen LogP contribution in [0.1, 0.15) is 31.4 Å². The Kier molecular flexibility index (Phi) is 6.17. The summed E-state index contributed by atoms with van der Waals surface area (Å²) in [4.78, 5) is 3.10. The summed E-state index contributed by atoms with van der Waals surface area (Å²) in [5.74, 6) is -0.334. The van der Waals surface area contributed by atoms with Gasteiger partial charge in [0.15, 0.2) is 4.98 Å². The Bertz CT molecular complexity index is 513. The molecule has 19 heavy (non-hydrogen) atoms. The molecule has 1 rings (SSSR count). The molecule has 0 unspecified atom stereocenters. The zero-order chi connectivity index (χ0) is 14.1. The second-order valence-corrected chi connectivity index (χ2v) is 3.97. The molecular formula is C15H19N2O2+. The first-order chi connectivity index (χ1) is 9.22. The fraction of sp³-hybridized carbons (Fsp3) is 0.333. The molecule has 1 N–H and O–H groups in total. The van der Waals surface area contributed by atoms with E-state index in [9.17, 15) is 5.11 Å². The summed E-state index contributed by atoms with van der Waals surface area (Å²) in [5, 5.41) is 18.6. The van der Waals surface area contributed by atoms with Crippen LogP contribution in [0.15, 0.2) is 42.0 Å². The molecule has 0 saturated carbocycles. The van der Waals surface area contributed by atoms with E-state index in [0.717, 1.165) is 17.5 Å². The monoisotopic (exact) mass is 259 g/mol. The fourth-order valence-electron chi connectivity index (χ4n) is 1.66. The number of nitrogens with zero attached hydrogens (tertiary/aromatic N) is 2. The van der Waals surface area contributed by atoms with E-state index in [1.54, 1.807) is 6.92 Å². The van der Waals surface area contributed by atoms with Crippen molar-refractivity contribution in [3.05, 3.63) is 58.1 Å². The molecule has 0 aromatic heterocycles. The van der Waals surface area contributed by atoms with E-state index in [2.05, 4.69) is 18.0 Å². The highest BCUT2D eigenvalue weighted by molar-refractivity contribution is 5.54. The maximum absolute atomic E-state index is 9.62. The van der Waals surface area contributed by atoms with Gasteiger partial charge in [0, 0.05) is 0 Å². The van der Waals surface area contributed by atoms with E-state index in [1.165, 1.54) is 0 Å². The Morgan fingerprint density at radius 2 is 2.11 bits per heavy atom. The van der Waals surface area contributed by atoms with Gasteiger partial charge in [0.1, 0.15) is 0 Å². The minimum Gasteiger partial charge on any atom is -0.475 e. The van der Waals surface area contributed by atoms with Crippen molar-refractivity contribution in [3.8, 4) is 0 Å². The summed E-state index contributed by atoms with van der Waals surface area (Å²) < 4.78 is 4.95. The highest BCUT2D eigenvalue weighted by Crippen LogP contribution is 2.18. The van der Waals surface area contributed by atoms with E-state index in [0.29, 0.717) is 13.0 Å². The van der Waals surface area contributed by atoms with Gasteiger partial charge >= 0.3 is 11.6 Å². The summed E-state index contributed by atoms with van der Waals surface area (Å²) in [6.07, 6.45) is 5.33. The van der Waals surface area contributed by atoms with Crippen LogP contribution in [0, 0.1) is 5.39 Å². The lowest BCUT2D eigenvalue weighted by molar-refractivity contribution is 0.0982. The maximum Gasteiger partial charge on any atom is 0.444 e. The van der Waals surface area contributed by atoms with Crippen molar-refractivity contribution in [1.82, 2.24) is 0 Å². The highest BCUT2D eigenvalue weighted by Gasteiger charge is 2.22. The summed E-state index contributed by atoms with van der Waals surface area (Å²) in [5.41, 5.74) is 2.13. The van der Waals surface area contributed by atoms with Gasteiger partial charge < -0.3 is 9.84 Å². The summed E-state index contributed by atoms with van der Waals surface area (Å²) in [6, 6.07) is 7.76. The molecule has 0 spiro atoms. The lowest BCUT2D eigenvalue weighted by Crippen LogP contribution is -1.98. The first-order valence-corrected chi connectivity index (χ1v) is 6.37. The van der Waals surface area contributed by atoms with Crippen molar-refractivity contribution in [1.29, 1.82) is 5.39 Å². The quantitative estimate of drug-likeness (QED) is 0.613. The van der Waals surface area contributed by atoms with Crippen molar-refractivity contribution in [2.75, 3.05) is 6.61 Å². The molecule has 0 amide bonds. The van der Waals surface area contributed by atoms with E-state index in [4.69, 9.17) is 10.1 Å². The van der Waals surface area contributed by atoms with Crippen LogP contribution in [0.3, 0.4) is 0 Å². The number of ether oxygens (including phenoxy) is 1. The van der Waals surface area contributed by atoms with Gasteiger partial charge in [-0.1, -0.05) is 43.3 Å². The zero-order valence-electron chi connectivity index (χ0n) is 11.3. The normalized spacial score (nSPS) is 12.1. The van der Waals surface area contributed by atoms with Gasteiger partial charge in [-0.05, 0) is 24.5 Å². The summed E-state index contributed by atoms with van der Waals surface area (Å²) in [7, 11) is 0. The second-order valence-electron chi connectivity index (χ2n) is 3.97. The standard InChI is InChI=1S/C15H18N2O2/c1-3-5-8-12-9-6-7-10-13(12)11-14(17-16)15(18)19-4-2/h5-10H,3-4,11H2,1-2H3/p+1/b8-5+,15-14+. The molecule has 4 nitrogen and oxygen atoms in total. The Balaban J connectivity index is 3.01. The first kappa shape index (κ1) is 14.8. The average Bonchev–Trinajstić information content (AvgIpc) is 2.43. The number of diazo groups is 1. The molecule has 0 aliphatic heterocycles. The summed E-state index contributed by atoms with van der Waals surface area (Å²) in [6.45, 7) is 4.14. The van der Waals surface area contributed by atoms with Crippen molar-refractivity contribution in [3.63, 3.8) is 0 Å². The third kappa shape index (κ3) is 4.47. The van der Waals surface area contributed by atoms with E-state index >= 15 is 0 Å². The smallest absolute Gasteiger partial charge is 0.444 e. The molecule has 4 heteroatoms. The number of benzene rings is 1. The number of hydrogen-bond donors (Lipinski definition) is 1. The van der Waals surface area contributed by atoms with Gasteiger partial charge in [0.25, 0.3) is 0 Å². The van der Waals surface area contributed by atoms with Crippen LogP contribution in [0.2, 0.25) is 0 Å². The molecular weight excluding hydrogens is 240 g/mol. The minimum absolute atomic E-state index is 0.124. The molecule has 0 saturated heterocycles. The zero-order valence-corrected chi connectivity index (χ0v) is 11.3. The van der Waals surface area contributed by atoms with Crippen LogP contribution in [0.5, 0.6) is 0 Å². The fourth-order valence-corrected chi connectivity index (χ4v) is 1.66. The van der Waals surface area contributed by atoms with Crippen LogP contribution < -0.4 is 0 Å². The van der Waals surface area contributed by atoms with Gasteiger partial charge in [0.05, 0.1) is 13.0 Å². The Labute approximate surface area is 113 Å². The molecule has 0 atom stereocenters. The van der Waals surface area contributed by atoms with Gasteiger partial charge in [-0.2, -0.15) is 0 Å². The summed E-state index contributed by atoms with van der Waals surface area (Å²) >= 11 is 0. The molecule has 1 aromatic rings. The van der Waals surface area contributed by atoms with E-state index in [-0.39, 0.29) is 11.6 Å². The maximum atomic E-state index is 9.62. The molecule has 0 fully saturated rings. The van der Waals surface area contributed by atoms with Gasteiger partial charge in [-0.15, -0.1) is 0 Å². The number of aliphatic hydroxyl groups excluding tert-OH is 1. The molecule has 0 aliphatic carbocycles. The molecule has 0 aliphatic rings. The van der Waals surface area contributed by atoms with E-state index in [1.807, 2.05) is 30.3 Å². The van der Waals surface area contributed by atoms with Gasteiger partial charge in [-0.3, -0.25) is 0 Å². The molecule has 1 aromatic carbocycles. The lowest BCUT2D eigenvalue weighted by Gasteiger charge is -2.02. The van der Waals surface area contributed by atoms with Crippen LogP contribution in [-0.4, -0.2) is 11.7 Å². The SMILES string of the molecule is CC/C=C/c1ccccc1C/C([N+]#N)=C(/O)OCC. The van der Waals surface area contributed by atoms with Crippen LogP contribution in [0.4, 0.5) is 0 Å². The molecule has 0 heterocycles. The van der Waals surface area contributed by atoms with Crippen molar-refractivity contribution in [2.24, 2.45) is 0 Å².